The fraction of sp³-hybridized carbons (Fsp3) is 0.375. The maximum Gasteiger partial charge on any atom is 0.308 e. The Hall–Kier alpha value is -3.75. The molecule has 0 unspecified atom stereocenters. The molecule has 2 aromatic rings. The van der Waals surface area contributed by atoms with Crippen molar-refractivity contribution in [1.82, 2.24) is 10.2 Å². The first kappa shape index (κ1) is 23.9. The third-order valence-electron chi connectivity index (χ3n) is 5.39. The van der Waals surface area contributed by atoms with E-state index in [1.54, 1.807) is 35.2 Å². The van der Waals surface area contributed by atoms with E-state index < -0.39 is 5.97 Å². The maximum atomic E-state index is 13.1. The van der Waals surface area contributed by atoms with Crippen LogP contribution in [-0.2, 0) is 4.79 Å². The average molecular weight is 456 g/mol. The quantitative estimate of drug-likeness (QED) is 0.505. The lowest BCUT2D eigenvalue weighted by atomic mass is 10.0. The fourth-order valence-corrected chi connectivity index (χ4v) is 3.75. The summed E-state index contributed by atoms with van der Waals surface area (Å²) >= 11 is 0. The molecule has 0 spiro atoms. The molecule has 2 amide bonds. The average Bonchev–Trinajstić information content (AvgIpc) is 2.82. The van der Waals surface area contributed by atoms with Gasteiger partial charge < -0.3 is 29.2 Å². The molecule has 1 aliphatic heterocycles. The number of likely N-dealkylation sites (tertiary alicyclic amines) is 1. The van der Waals surface area contributed by atoms with Crippen LogP contribution in [0.2, 0.25) is 0 Å². The molecule has 1 saturated heterocycles. The first-order chi connectivity index (χ1) is 15.9. The van der Waals surface area contributed by atoms with Crippen LogP contribution in [0, 0.1) is 0 Å². The maximum absolute atomic E-state index is 13.1. The van der Waals surface area contributed by atoms with Gasteiger partial charge in [-0.05, 0) is 43.2 Å². The van der Waals surface area contributed by atoms with E-state index in [4.69, 9.17) is 18.9 Å². The van der Waals surface area contributed by atoms with Gasteiger partial charge in [0.25, 0.3) is 11.8 Å². The van der Waals surface area contributed by atoms with E-state index in [1.165, 1.54) is 34.3 Å². The molecule has 1 heterocycles. The highest BCUT2D eigenvalue weighted by Gasteiger charge is 2.26. The number of carbonyl (C=O) groups is 3. The van der Waals surface area contributed by atoms with Gasteiger partial charge in [0.15, 0.2) is 11.5 Å². The van der Waals surface area contributed by atoms with Gasteiger partial charge in [0.2, 0.25) is 5.75 Å². The van der Waals surface area contributed by atoms with Crippen LogP contribution in [0.25, 0.3) is 0 Å². The standard InChI is InChI=1S/C24H28N2O7/c1-15(27)33-19-7-5-6-16(12-19)23(28)25-18-8-10-26(11-9-18)24(29)17-13-20(30-2)22(32-4)21(14-17)31-3/h5-7,12-14,18H,8-11H2,1-4H3,(H,25,28). The number of hydrogen-bond donors (Lipinski definition) is 1. The third-order valence-corrected chi connectivity index (χ3v) is 5.39. The summed E-state index contributed by atoms with van der Waals surface area (Å²) in [6, 6.07) is 9.66. The van der Waals surface area contributed by atoms with Crippen molar-refractivity contribution in [1.29, 1.82) is 0 Å². The smallest absolute Gasteiger partial charge is 0.308 e. The molecule has 176 valence electrons. The fourth-order valence-electron chi connectivity index (χ4n) is 3.75. The van der Waals surface area contributed by atoms with Gasteiger partial charge in [-0.2, -0.15) is 0 Å². The lowest BCUT2D eigenvalue weighted by Crippen LogP contribution is -2.46. The topological polar surface area (TPSA) is 103 Å². The molecule has 1 aliphatic rings. The highest BCUT2D eigenvalue weighted by molar-refractivity contribution is 5.96. The number of hydrogen-bond acceptors (Lipinski definition) is 7. The van der Waals surface area contributed by atoms with Crippen molar-refractivity contribution >= 4 is 17.8 Å². The summed E-state index contributed by atoms with van der Waals surface area (Å²) in [5.74, 6) is 0.733. The second kappa shape index (κ2) is 10.7. The molecule has 33 heavy (non-hydrogen) atoms. The number of ether oxygens (including phenoxy) is 4. The van der Waals surface area contributed by atoms with E-state index in [0.29, 0.717) is 60.1 Å². The van der Waals surface area contributed by atoms with Crippen LogP contribution in [0.15, 0.2) is 36.4 Å². The van der Waals surface area contributed by atoms with Gasteiger partial charge in [-0.15, -0.1) is 0 Å². The predicted molar refractivity (Wildman–Crippen MR) is 120 cm³/mol. The van der Waals surface area contributed by atoms with Crippen molar-refractivity contribution in [3.63, 3.8) is 0 Å². The monoisotopic (exact) mass is 456 g/mol. The van der Waals surface area contributed by atoms with E-state index in [2.05, 4.69) is 5.32 Å². The van der Waals surface area contributed by atoms with Crippen molar-refractivity contribution < 1.29 is 33.3 Å². The van der Waals surface area contributed by atoms with Crippen molar-refractivity contribution in [3.05, 3.63) is 47.5 Å². The second-order valence-electron chi connectivity index (χ2n) is 7.58. The number of nitrogens with one attached hydrogen (secondary N) is 1. The van der Waals surface area contributed by atoms with Gasteiger partial charge in [-0.3, -0.25) is 14.4 Å². The predicted octanol–water partition coefficient (Wildman–Crippen LogP) is 2.67. The molecule has 9 heteroatoms. The zero-order valence-corrected chi connectivity index (χ0v) is 19.2. The molecule has 0 aliphatic carbocycles. The minimum atomic E-state index is -0.448. The Morgan fingerprint density at radius 3 is 2.09 bits per heavy atom. The van der Waals surface area contributed by atoms with Crippen molar-refractivity contribution in [2.24, 2.45) is 0 Å². The van der Waals surface area contributed by atoms with Crippen molar-refractivity contribution in [2.75, 3.05) is 34.4 Å². The van der Waals surface area contributed by atoms with E-state index in [-0.39, 0.29) is 17.9 Å². The molecule has 0 radical (unpaired) electrons. The number of piperidine rings is 1. The Bertz CT molecular complexity index is 1000. The number of nitrogens with zero attached hydrogens (tertiary/aromatic N) is 1. The molecular formula is C24H28N2O7. The molecule has 0 bridgehead atoms. The van der Waals surface area contributed by atoms with E-state index in [1.807, 2.05) is 0 Å². The number of methoxy groups -OCH3 is 3. The molecule has 2 aromatic carbocycles. The van der Waals surface area contributed by atoms with Crippen molar-refractivity contribution in [2.45, 2.75) is 25.8 Å². The Labute approximate surface area is 192 Å². The van der Waals surface area contributed by atoms with E-state index in [0.717, 1.165) is 0 Å². The highest BCUT2D eigenvalue weighted by Crippen LogP contribution is 2.38. The van der Waals surface area contributed by atoms with Crippen molar-refractivity contribution in [3.8, 4) is 23.0 Å². The number of amides is 2. The molecule has 3 rings (SSSR count). The summed E-state index contributed by atoms with van der Waals surface area (Å²) in [6.45, 7) is 2.29. The molecule has 1 N–H and O–H groups in total. The van der Waals surface area contributed by atoms with Crippen LogP contribution in [0.3, 0.4) is 0 Å². The second-order valence-corrected chi connectivity index (χ2v) is 7.58. The lowest BCUT2D eigenvalue weighted by Gasteiger charge is -2.32. The minimum absolute atomic E-state index is 0.0705. The molecule has 0 aromatic heterocycles. The van der Waals surface area contributed by atoms with Crippen LogP contribution in [0.4, 0.5) is 0 Å². The van der Waals surface area contributed by atoms with Crippen LogP contribution in [-0.4, -0.2) is 63.1 Å². The first-order valence-corrected chi connectivity index (χ1v) is 10.5. The van der Waals surface area contributed by atoms with Gasteiger partial charge >= 0.3 is 5.97 Å². The zero-order chi connectivity index (χ0) is 24.0. The van der Waals surface area contributed by atoms with Crippen LogP contribution < -0.4 is 24.3 Å². The summed E-state index contributed by atoms with van der Waals surface area (Å²) < 4.78 is 21.0. The Balaban J connectivity index is 1.61. The van der Waals surface area contributed by atoms with Crippen LogP contribution in [0.1, 0.15) is 40.5 Å². The highest BCUT2D eigenvalue weighted by atomic mass is 16.5. The Morgan fingerprint density at radius 1 is 0.909 bits per heavy atom. The summed E-state index contributed by atoms with van der Waals surface area (Å²) in [5, 5.41) is 2.99. The van der Waals surface area contributed by atoms with Gasteiger partial charge in [-0.25, -0.2) is 0 Å². The van der Waals surface area contributed by atoms with Gasteiger partial charge in [0.1, 0.15) is 5.75 Å². The molecular weight excluding hydrogens is 428 g/mol. The lowest BCUT2D eigenvalue weighted by molar-refractivity contribution is -0.131. The van der Waals surface area contributed by atoms with Gasteiger partial charge in [0.05, 0.1) is 21.3 Å². The zero-order valence-electron chi connectivity index (χ0n) is 19.2. The molecule has 9 nitrogen and oxygen atoms in total. The molecule has 1 fully saturated rings. The van der Waals surface area contributed by atoms with Gasteiger partial charge in [0, 0.05) is 37.2 Å². The van der Waals surface area contributed by atoms with Gasteiger partial charge in [-0.1, -0.05) is 6.07 Å². The number of carbonyl (C=O) groups excluding carboxylic acids is 3. The third kappa shape index (κ3) is 5.74. The number of rotatable bonds is 7. The SMILES string of the molecule is COc1cc(C(=O)N2CCC(NC(=O)c3cccc(OC(C)=O)c3)CC2)cc(OC)c1OC. The first-order valence-electron chi connectivity index (χ1n) is 10.5. The van der Waals surface area contributed by atoms with E-state index in [9.17, 15) is 14.4 Å². The summed E-state index contributed by atoms with van der Waals surface area (Å²) in [5.41, 5.74) is 0.846. The Morgan fingerprint density at radius 2 is 1.55 bits per heavy atom. The van der Waals surface area contributed by atoms with Crippen LogP contribution >= 0.6 is 0 Å². The van der Waals surface area contributed by atoms with E-state index >= 15 is 0 Å². The summed E-state index contributed by atoms with van der Waals surface area (Å²) in [7, 11) is 4.51. The summed E-state index contributed by atoms with van der Waals surface area (Å²) in [4.78, 5) is 38.5. The summed E-state index contributed by atoms with van der Waals surface area (Å²) in [6.07, 6.45) is 1.23. The number of benzene rings is 2. The largest absolute Gasteiger partial charge is 0.493 e. The minimum Gasteiger partial charge on any atom is -0.493 e. The van der Waals surface area contributed by atoms with Crippen LogP contribution in [0.5, 0.6) is 23.0 Å². The molecule has 0 saturated carbocycles. The normalized spacial score (nSPS) is 13.8. The Kier molecular flexibility index (Phi) is 7.76. The number of esters is 1. The molecule has 0 atom stereocenters.